The number of benzene rings is 1. The monoisotopic (exact) mass is 502 g/mol. The Balaban J connectivity index is 0.000000396. The van der Waals surface area contributed by atoms with Crippen LogP contribution < -0.4 is 10.6 Å². The highest BCUT2D eigenvalue weighted by molar-refractivity contribution is 8.37. The molecule has 0 unspecified atom stereocenters. The molecular formula is C25H28ClFN4O2S. The highest BCUT2D eigenvalue weighted by Gasteiger charge is 2.33. The van der Waals surface area contributed by atoms with Gasteiger partial charge in [-0.3, -0.25) is 13.9 Å². The van der Waals surface area contributed by atoms with Crippen LogP contribution in [0.5, 0.6) is 0 Å². The third-order valence-electron chi connectivity index (χ3n) is 5.41. The van der Waals surface area contributed by atoms with Crippen molar-refractivity contribution in [3.05, 3.63) is 88.9 Å². The van der Waals surface area contributed by atoms with Crippen LogP contribution >= 0.6 is 21.8 Å². The lowest BCUT2D eigenvalue weighted by Crippen LogP contribution is -2.20. The Hall–Kier alpha value is -2.94. The number of nitrogens with zero attached hydrogens (tertiary/aromatic N) is 2. The molecule has 0 spiro atoms. The Morgan fingerprint density at radius 1 is 1.06 bits per heavy atom. The molecule has 9 heteroatoms. The standard InChI is InChI=1S/C20H15ClFN3O2.C5H13NS/c21-14-7-10-18(23-12-14)25-20(27)16-11-15(22)8-9-17(16)24-19(26)13-5-3-1-2-4-6-13;1-6(2)7(3)4-5-7/h1-5,7-12H,6H2,(H,24,26)(H,23,25,27);4-5H2,1-3H3. The zero-order chi connectivity index (χ0) is 24.7. The molecule has 1 saturated heterocycles. The summed E-state index contributed by atoms with van der Waals surface area (Å²) in [6.45, 7) is 0. The van der Waals surface area contributed by atoms with E-state index in [4.69, 9.17) is 11.6 Å². The minimum Gasteiger partial charge on any atom is -0.321 e. The Labute approximate surface area is 206 Å². The highest BCUT2D eigenvalue weighted by Crippen LogP contribution is 2.59. The van der Waals surface area contributed by atoms with E-state index in [1.807, 2.05) is 18.2 Å². The van der Waals surface area contributed by atoms with Crippen molar-refractivity contribution in [2.75, 3.05) is 42.5 Å². The summed E-state index contributed by atoms with van der Waals surface area (Å²) in [5.41, 5.74) is 0.710. The van der Waals surface area contributed by atoms with Gasteiger partial charge in [0.05, 0.1) is 16.3 Å². The van der Waals surface area contributed by atoms with Gasteiger partial charge in [0, 0.05) is 11.8 Å². The van der Waals surface area contributed by atoms with Crippen LogP contribution in [0.4, 0.5) is 15.9 Å². The summed E-state index contributed by atoms with van der Waals surface area (Å²) in [7, 11) is 4.21. The number of rotatable bonds is 5. The van der Waals surface area contributed by atoms with E-state index >= 15 is 0 Å². The molecule has 0 saturated carbocycles. The summed E-state index contributed by atoms with van der Waals surface area (Å²) in [4.78, 5) is 29.0. The maximum Gasteiger partial charge on any atom is 0.259 e. The molecule has 2 aromatic rings. The van der Waals surface area contributed by atoms with E-state index < -0.39 is 11.7 Å². The fourth-order valence-electron chi connectivity index (χ4n) is 2.88. The lowest BCUT2D eigenvalue weighted by molar-refractivity contribution is -0.112. The van der Waals surface area contributed by atoms with Gasteiger partial charge >= 0.3 is 0 Å². The number of amides is 2. The molecule has 1 aliphatic carbocycles. The number of aromatic nitrogens is 1. The van der Waals surface area contributed by atoms with Crippen LogP contribution in [0.3, 0.4) is 0 Å². The second kappa shape index (κ2) is 11.5. The number of halogens is 2. The van der Waals surface area contributed by atoms with Crippen molar-refractivity contribution < 1.29 is 14.0 Å². The Morgan fingerprint density at radius 3 is 2.44 bits per heavy atom. The van der Waals surface area contributed by atoms with Gasteiger partial charge in [-0.1, -0.05) is 42.0 Å². The molecule has 6 nitrogen and oxygen atoms in total. The summed E-state index contributed by atoms with van der Waals surface area (Å²) in [6, 6.07) is 6.67. The molecule has 0 bridgehead atoms. The van der Waals surface area contributed by atoms with Crippen molar-refractivity contribution in [1.82, 2.24) is 9.29 Å². The molecule has 180 valence electrons. The predicted molar refractivity (Wildman–Crippen MR) is 140 cm³/mol. The zero-order valence-electron chi connectivity index (χ0n) is 19.3. The first-order chi connectivity index (χ1) is 16.2. The van der Waals surface area contributed by atoms with Crippen molar-refractivity contribution in [2.45, 2.75) is 6.42 Å². The fourth-order valence-corrected chi connectivity index (χ4v) is 4.69. The number of carbonyl (C=O) groups excluding carboxylic acids is 2. The number of hydrogen-bond acceptors (Lipinski definition) is 4. The molecule has 2 amide bonds. The maximum absolute atomic E-state index is 13.7. The summed E-state index contributed by atoms with van der Waals surface area (Å²) in [5.74, 6) is 1.64. The van der Waals surface area contributed by atoms with Crippen LogP contribution in [0.15, 0.2) is 72.5 Å². The Bertz CT molecular complexity index is 1140. The fraction of sp³-hybridized carbons (Fsp3) is 0.240. The molecule has 4 rings (SSSR count). The second-order valence-electron chi connectivity index (χ2n) is 8.11. The first-order valence-corrected chi connectivity index (χ1v) is 13.4. The van der Waals surface area contributed by atoms with Gasteiger partial charge in [-0.25, -0.2) is 9.37 Å². The van der Waals surface area contributed by atoms with E-state index in [1.54, 1.807) is 18.2 Å². The van der Waals surface area contributed by atoms with Crippen LogP contribution in [0, 0.1) is 5.82 Å². The molecule has 1 aromatic carbocycles. The SMILES string of the molecule is CN(C)S1(C)CC1.O=C(Nc1ccc(F)cc1C(=O)Nc1ccc(Cl)cn1)C1=CC=CC=CC1. The number of nitrogens with one attached hydrogen (secondary N) is 2. The average Bonchev–Trinajstić information content (AvgIpc) is 3.61. The maximum atomic E-state index is 13.7. The van der Waals surface area contributed by atoms with Gasteiger partial charge in [0.2, 0.25) is 0 Å². The number of anilines is 2. The molecule has 2 N–H and O–H groups in total. The first-order valence-electron chi connectivity index (χ1n) is 10.7. The lowest BCUT2D eigenvalue weighted by atomic mass is 10.1. The quantitative estimate of drug-likeness (QED) is 0.535. The summed E-state index contributed by atoms with van der Waals surface area (Å²) >= 11 is 5.77. The van der Waals surface area contributed by atoms with E-state index in [0.29, 0.717) is 17.0 Å². The van der Waals surface area contributed by atoms with Crippen LogP contribution in [0.1, 0.15) is 16.8 Å². The minimum atomic E-state index is -0.603. The number of pyridine rings is 1. The summed E-state index contributed by atoms with van der Waals surface area (Å²) < 4.78 is 16.1. The van der Waals surface area contributed by atoms with E-state index in [-0.39, 0.29) is 33.2 Å². The lowest BCUT2D eigenvalue weighted by Gasteiger charge is -2.22. The molecule has 1 fully saturated rings. The molecule has 1 aromatic heterocycles. The predicted octanol–water partition coefficient (Wildman–Crippen LogP) is 5.42. The molecular weight excluding hydrogens is 475 g/mol. The molecule has 0 atom stereocenters. The first kappa shape index (κ1) is 25.7. The zero-order valence-corrected chi connectivity index (χ0v) is 20.9. The average molecular weight is 503 g/mol. The van der Waals surface area contributed by atoms with Gasteiger partial charge in [-0.2, -0.15) is 10.2 Å². The number of hydrogen-bond donors (Lipinski definition) is 2. The van der Waals surface area contributed by atoms with Gasteiger partial charge in [0.25, 0.3) is 11.8 Å². The van der Waals surface area contributed by atoms with Gasteiger partial charge in [-0.05, 0) is 68.6 Å². The second-order valence-corrected chi connectivity index (χ2v) is 12.5. The highest BCUT2D eigenvalue weighted by atomic mass is 35.5. The number of allylic oxidation sites excluding steroid dienone is 5. The number of carbonyl (C=O) groups is 2. The van der Waals surface area contributed by atoms with Crippen molar-refractivity contribution in [3.8, 4) is 0 Å². The van der Waals surface area contributed by atoms with E-state index in [9.17, 15) is 14.0 Å². The van der Waals surface area contributed by atoms with Crippen LogP contribution in [-0.2, 0) is 4.79 Å². The Kier molecular flexibility index (Phi) is 8.66. The molecule has 2 aliphatic rings. The van der Waals surface area contributed by atoms with Gasteiger partial charge in [-0.15, -0.1) is 0 Å². The van der Waals surface area contributed by atoms with Crippen molar-refractivity contribution in [2.24, 2.45) is 0 Å². The van der Waals surface area contributed by atoms with E-state index in [1.165, 1.54) is 35.9 Å². The molecule has 0 radical (unpaired) electrons. The van der Waals surface area contributed by atoms with Crippen LogP contribution in [0.25, 0.3) is 0 Å². The van der Waals surface area contributed by atoms with E-state index in [2.05, 4.69) is 40.3 Å². The summed E-state index contributed by atoms with van der Waals surface area (Å²) in [5, 5.41) is 5.64. The third kappa shape index (κ3) is 7.28. The largest absolute Gasteiger partial charge is 0.321 e. The van der Waals surface area contributed by atoms with Crippen molar-refractivity contribution >= 4 is 45.1 Å². The van der Waals surface area contributed by atoms with E-state index in [0.717, 1.165) is 6.07 Å². The molecule has 1 aliphatic heterocycles. The molecule has 2 heterocycles. The van der Waals surface area contributed by atoms with Gasteiger partial charge in [0.15, 0.2) is 0 Å². The van der Waals surface area contributed by atoms with Crippen molar-refractivity contribution in [1.29, 1.82) is 0 Å². The Morgan fingerprint density at radius 2 is 1.82 bits per heavy atom. The summed E-state index contributed by atoms with van der Waals surface area (Å²) in [6.07, 6.45) is 13.2. The molecule has 34 heavy (non-hydrogen) atoms. The van der Waals surface area contributed by atoms with Gasteiger partial charge in [0.1, 0.15) is 11.6 Å². The normalized spacial score (nSPS) is 16.5. The smallest absolute Gasteiger partial charge is 0.259 e. The van der Waals surface area contributed by atoms with Crippen LogP contribution in [0.2, 0.25) is 5.02 Å². The van der Waals surface area contributed by atoms with Crippen molar-refractivity contribution in [3.63, 3.8) is 0 Å². The topological polar surface area (TPSA) is 74.3 Å². The van der Waals surface area contributed by atoms with Crippen LogP contribution in [-0.4, -0.2) is 53.0 Å². The third-order valence-corrected chi connectivity index (χ3v) is 8.98. The minimum absolute atomic E-state index is 0.0135. The van der Waals surface area contributed by atoms with Gasteiger partial charge < -0.3 is 10.6 Å².